The predicted molar refractivity (Wildman–Crippen MR) is 130 cm³/mol. The first-order valence-electron chi connectivity index (χ1n) is 10.5. The molecule has 0 spiro atoms. The Morgan fingerprint density at radius 1 is 1.00 bits per heavy atom. The van der Waals surface area contributed by atoms with Gasteiger partial charge in [0.05, 0.1) is 22.9 Å². The number of carbonyl (C=O) groups excluding carboxylic acids is 2. The fourth-order valence-corrected chi connectivity index (χ4v) is 3.87. The lowest BCUT2D eigenvalue weighted by atomic mass is 10.1. The smallest absolute Gasteiger partial charge is 0.256 e. The number of hydrogen-bond acceptors (Lipinski definition) is 5. The summed E-state index contributed by atoms with van der Waals surface area (Å²) in [6.07, 6.45) is 3.50. The predicted octanol–water partition coefficient (Wildman–Crippen LogP) is 5.47. The summed E-state index contributed by atoms with van der Waals surface area (Å²) in [5.41, 5.74) is 3.38. The number of amides is 2. The third-order valence-electron chi connectivity index (χ3n) is 5.06. The Hall–Kier alpha value is -3.97. The highest BCUT2D eigenvalue weighted by Crippen LogP contribution is 2.21. The van der Waals surface area contributed by atoms with Gasteiger partial charge in [0.2, 0.25) is 0 Å². The summed E-state index contributed by atoms with van der Waals surface area (Å²) in [6.45, 7) is 2.35. The van der Waals surface area contributed by atoms with Gasteiger partial charge in [0.1, 0.15) is 12.4 Å². The van der Waals surface area contributed by atoms with E-state index < -0.39 is 0 Å². The lowest BCUT2D eigenvalue weighted by molar-refractivity contribution is 0.0941. The SMILES string of the molecule is CC(NC(=O)c1ccccc1NC(=O)c1ccsc1)c1ccc(OCc2cccnc2)cc1. The van der Waals surface area contributed by atoms with Crippen molar-refractivity contribution in [3.05, 3.63) is 112 Å². The molecule has 0 bridgehead atoms. The van der Waals surface area contributed by atoms with Crippen molar-refractivity contribution in [3.63, 3.8) is 0 Å². The number of pyridine rings is 1. The van der Waals surface area contributed by atoms with Crippen LogP contribution < -0.4 is 15.4 Å². The summed E-state index contributed by atoms with van der Waals surface area (Å²) in [5, 5.41) is 9.43. The largest absolute Gasteiger partial charge is 0.489 e. The normalized spacial score (nSPS) is 11.4. The van der Waals surface area contributed by atoms with E-state index in [0.29, 0.717) is 23.4 Å². The van der Waals surface area contributed by atoms with Crippen molar-refractivity contribution in [3.8, 4) is 5.75 Å². The number of nitrogens with one attached hydrogen (secondary N) is 2. The molecule has 0 fully saturated rings. The molecule has 0 saturated carbocycles. The maximum Gasteiger partial charge on any atom is 0.256 e. The number of rotatable bonds is 8. The van der Waals surface area contributed by atoms with E-state index in [1.807, 2.05) is 48.7 Å². The van der Waals surface area contributed by atoms with Crippen LogP contribution in [0.25, 0.3) is 0 Å². The molecule has 0 aliphatic carbocycles. The number of hydrogen-bond donors (Lipinski definition) is 2. The summed E-state index contributed by atoms with van der Waals surface area (Å²) in [5.74, 6) is 0.231. The number of para-hydroxylation sites is 1. The first-order valence-corrected chi connectivity index (χ1v) is 11.4. The Balaban J connectivity index is 1.38. The molecule has 2 N–H and O–H groups in total. The second kappa shape index (κ2) is 10.6. The summed E-state index contributed by atoms with van der Waals surface area (Å²) < 4.78 is 5.79. The van der Waals surface area contributed by atoms with Crippen molar-refractivity contribution in [1.82, 2.24) is 10.3 Å². The Bertz CT molecular complexity index is 1210. The van der Waals surface area contributed by atoms with Crippen LogP contribution in [0.1, 0.15) is 44.8 Å². The fraction of sp³-hybridized carbons (Fsp3) is 0.115. The minimum Gasteiger partial charge on any atom is -0.489 e. The fourth-order valence-electron chi connectivity index (χ4n) is 3.24. The van der Waals surface area contributed by atoms with Crippen LogP contribution in [0, 0.1) is 0 Å². The second-order valence-electron chi connectivity index (χ2n) is 7.43. The van der Waals surface area contributed by atoms with E-state index in [-0.39, 0.29) is 17.9 Å². The van der Waals surface area contributed by atoms with Crippen molar-refractivity contribution in [2.24, 2.45) is 0 Å². The van der Waals surface area contributed by atoms with Gasteiger partial charge < -0.3 is 15.4 Å². The van der Waals surface area contributed by atoms with Gasteiger partial charge in [-0.3, -0.25) is 14.6 Å². The molecule has 4 rings (SSSR count). The molecule has 2 amide bonds. The number of nitrogens with zero attached hydrogens (tertiary/aromatic N) is 1. The molecule has 1 atom stereocenters. The molecule has 6 nitrogen and oxygen atoms in total. The highest BCUT2D eigenvalue weighted by Gasteiger charge is 2.17. The van der Waals surface area contributed by atoms with Gasteiger partial charge in [-0.1, -0.05) is 30.3 Å². The first kappa shape index (κ1) is 22.2. The van der Waals surface area contributed by atoms with E-state index in [0.717, 1.165) is 16.9 Å². The van der Waals surface area contributed by atoms with Gasteiger partial charge in [0, 0.05) is 23.3 Å². The summed E-state index contributed by atoms with van der Waals surface area (Å²) >= 11 is 1.45. The molecule has 4 aromatic rings. The van der Waals surface area contributed by atoms with Gasteiger partial charge in [0.25, 0.3) is 11.8 Å². The zero-order valence-electron chi connectivity index (χ0n) is 18.0. The number of thiophene rings is 1. The van der Waals surface area contributed by atoms with Gasteiger partial charge in [0.15, 0.2) is 0 Å². The molecule has 0 aliphatic heterocycles. The molecule has 2 aromatic carbocycles. The van der Waals surface area contributed by atoms with Gasteiger partial charge in [-0.2, -0.15) is 11.3 Å². The van der Waals surface area contributed by atoms with E-state index in [1.54, 1.807) is 48.1 Å². The molecule has 0 aliphatic rings. The molecule has 2 heterocycles. The van der Waals surface area contributed by atoms with E-state index in [2.05, 4.69) is 15.6 Å². The molecule has 33 heavy (non-hydrogen) atoms. The Morgan fingerprint density at radius 2 is 1.82 bits per heavy atom. The van der Waals surface area contributed by atoms with Crippen LogP contribution in [-0.4, -0.2) is 16.8 Å². The maximum absolute atomic E-state index is 13.0. The van der Waals surface area contributed by atoms with Gasteiger partial charge in [-0.15, -0.1) is 0 Å². The van der Waals surface area contributed by atoms with Crippen molar-refractivity contribution in [1.29, 1.82) is 0 Å². The average molecular weight is 458 g/mol. The first-order chi connectivity index (χ1) is 16.1. The number of aromatic nitrogens is 1. The van der Waals surface area contributed by atoms with E-state index in [4.69, 9.17) is 4.74 Å². The zero-order valence-corrected chi connectivity index (χ0v) is 18.8. The monoisotopic (exact) mass is 457 g/mol. The van der Waals surface area contributed by atoms with E-state index in [1.165, 1.54) is 11.3 Å². The van der Waals surface area contributed by atoms with Crippen molar-refractivity contribution in [2.45, 2.75) is 19.6 Å². The molecule has 0 radical (unpaired) electrons. The van der Waals surface area contributed by atoms with Crippen LogP contribution in [0.4, 0.5) is 5.69 Å². The highest BCUT2D eigenvalue weighted by molar-refractivity contribution is 7.08. The molecule has 0 saturated heterocycles. The summed E-state index contributed by atoms with van der Waals surface area (Å²) in [4.78, 5) is 29.4. The van der Waals surface area contributed by atoms with Crippen LogP contribution in [-0.2, 0) is 6.61 Å². The van der Waals surface area contributed by atoms with Gasteiger partial charge in [-0.25, -0.2) is 0 Å². The molecular formula is C26H23N3O3S. The maximum atomic E-state index is 13.0. The van der Waals surface area contributed by atoms with Crippen molar-refractivity contribution >= 4 is 28.8 Å². The van der Waals surface area contributed by atoms with Crippen LogP contribution in [0.15, 0.2) is 89.9 Å². The quantitative estimate of drug-likeness (QED) is 0.368. The summed E-state index contributed by atoms with van der Waals surface area (Å²) in [7, 11) is 0. The molecule has 2 aromatic heterocycles. The lowest BCUT2D eigenvalue weighted by Crippen LogP contribution is -2.28. The molecular weight excluding hydrogens is 434 g/mol. The van der Waals surface area contributed by atoms with Gasteiger partial charge >= 0.3 is 0 Å². The van der Waals surface area contributed by atoms with E-state index in [9.17, 15) is 9.59 Å². The van der Waals surface area contributed by atoms with Crippen molar-refractivity contribution in [2.75, 3.05) is 5.32 Å². The Morgan fingerprint density at radius 3 is 2.55 bits per heavy atom. The van der Waals surface area contributed by atoms with E-state index >= 15 is 0 Å². The summed E-state index contributed by atoms with van der Waals surface area (Å²) in [6, 6.07) is 19.9. The lowest BCUT2D eigenvalue weighted by Gasteiger charge is -2.17. The van der Waals surface area contributed by atoms with Crippen LogP contribution in [0.5, 0.6) is 5.75 Å². The average Bonchev–Trinajstić information content (AvgIpc) is 3.39. The number of benzene rings is 2. The third kappa shape index (κ3) is 5.84. The molecule has 1 unspecified atom stereocenters. The molecule has 7 heteroatoms. The minimum atomic E-state index is -0.263. The minimum absolute atomic E-state index is 0.231. The Kier molecular flexibility index (Phi) is 7.12. The van der Waals surface area contributed by atoms with Gasteiger partial charge in [-0.05, 0) is 54.3 Å². The number of carbonyl (C=O) groups is 2. The standard InChI is InChI=1S/C26H23N3O3S/c1-18(20-8-10-22(11-9-20)32-16-19-5-4-13-27-15-19)28-26(31)23-6-2-3-7-24(23)29-25(30)21-12-14-33-17-21/h2-15,17-18H,16H2,1H3,(H,28,31)(H,29,30). The Labute approximate surface area is 196 Å². The van der Waals surface area contributed by atoms with Crippen molar-refractivity contribution < 1.29 is 14.3 Å². The topological polar surface area (TPSA) is 80.3 Å². The molecule has 166 valence electrons. The van der Waals surface area contributed by atoms with Crippen LogP contribution in [0.2, 0.25) is 0 Å². The van der Waals surface area contributed by atoms with Crippen LogP contribution >= 0.6 is 11.3 Å². The zero-order chi connectivity index (χ0) is 23.0. The van der Waals surface area contributed by atoms with Crippen LogP contribution in [0.3, 0.4) is 0 Å². The number of ether oxygens (including phenoxy) is 1. The third-order valence-corrected chi connectivity index (χ3v) is 5.74. The number of anilines is 1. The second-order valence-corrected chi connectivity index (χ2v) is 8.21. The highest BCUT2D eigenvalue weighted by atomic mass is 32.1.